The van der Waals surface area contributed by atoms with Crippen LogP contribution in [0, 0.1) is 0 Å². The maximum absolute atomic E-state index is 3.60. The van der Waals surface area contributed by atoms with Gasteiger partial charge in [-0.15, -0.1) is 11.8 Å². The molecular weight excluding hydrogens is 240 g/mol. The summed E-state index contributed by atoms with van der Waals surface area (Å²) < 4.78 is 0. The summed E-state index contributed by atoms with van der Waals surface area (Å²) >= 11 is 1.79. The lowest BCUT2D eigenvalue weighted by Crippen LogP contribution is -2.51. The molecule has 2 unspecified atom stereocenters. The molecule has 18 heavy (non-hydrogen) atoms. The number of hydrazine groups is 1. The van der Waals surface area contributed by atoms with E-state index in [9.17, 15) is 0 Å². The third-order valence-corrected chi connectivity index (χ3v) is 4.56. The Morgan fingerprint density at radius 3 is 2.33 bits per heavy atom. The van der Waals surface area contributed by atoms with Crippen LogP contribution in [0.15, 0.2) is 29.2 Å². The van der Waals surface area contributed by atoms with Crippen LogP contribution in [0.3, 0.4) is 0 Å². The van der Waals surface area contributed by atoms with E-state index in [0.717, 1.165) is 6.54 Å². The van der Waals surface area contributed by atoms with Crippen molar-refractivity contribution in [1.29, 1.82) is 0 Å². The van der Waals surface area contributed by atoms with Gasteiger partial charge < -0.3 is 0 Å². The number of hydrogen-bond donors (Lipinski definition) is 1. The summed E-state index contributed by atoms with van der Waals surface area (Å²) in [6.45, 7) is 5.57. The van der Waals surface area contributed by atoms with Gasteiger partial charge in [-0.1, -0.05) is 18.6 Å². The predicted molar refractivity (Wildman–Crippen MR) is 79.7 cm³/mol. The predicted octanol–water partition coefficient (Wildman–Crippen LogP) is 3.68. The molecule has 1 aromatic rings. The fourth-order valence-corrected chi connectivity index (χ4v) is 3.07. The van der Waals surface area contributed by atoms with Crippen LogP contribution in [0.25, 0.3) is 0 Å². The molecule has 1 aliphatic heterocycles. The molecule has 0 radical (unpaired) electrons. The van der Waals surface area contributed by atoms with Gasteiger partial charge in [0.15, 0.2) is 0 Å². The van der Waals surface area contributed by atoms with Gasteiger partial charge in [-0.05, 0) is 50.6 Å². The number of piperidine rings is 1. The highest BCUT2D eigenvalue weighted by Crippen LogP contribution is 2.21. The Hall–Kier alpha value is -0.510. The third kappa shape index (κ3) is 3.50. The molecule has 100 valence electrons. The average molecular weight is 264 g/mol. The number of rotatable bonds is 4. The summed E-state index contributed by atoms with van der Waals surface area (Å²) in [7, 11) is 0. The summed E-state index contributed by atoms with van der Waals surface area (Å²) in [5, 5.41) is 2.44. The van der Waals surface area contributed by atoms with Crippen molar-refractivity contribution in [2.75, 3.05) is 6.26 Å². The number of hydrogen-bond acceptors (Lipinski definition) is 3. The third-order valence-electron chi connectivity index (χ3n) is 3.82. The van der Waals surface area contributed by atoms with Crippen LogP contribution < -0.4 is 5.43 Å². The average Bonchev–Trinajstić information content (AvgIpc) is 2.39. The molecule has 1 aliphatic rings. The maximum atomic E-state index is 3.60. The van der Waals surface area contributed by atoms with Crippen molar-refractivity contribution >= 4 is 11.8 Å². The minimum atomic E-state index is 0.652. The van der Waals surface area contributed by atoms with Crippen molar-refractivity contribution < 1.29 is 0 Å². The van der Waals surface area contributed by atoms with E-state index >= 15 is 0 Å². The van der Waals surface area contributed by atoms with E-state index in [1.807, 2.05) is 0 Å². The van der Waals surface area contributed by atoms with Crippen LogP contribution in [0.5, 0.6) is 0 Å². The quantitative estimate of drug-likeness (QED) is 0.835. The fourth-order valence-electron chi connectivity index (χ4n) is 2.66. The molecule has 1 fully saturated rings. The molecule has 2 rings (SSSR count). The van der Waals surface area contributed by atoms with Crippen molar-refractivity contribution in [2.24, 2.45) is 0 Å². The Balaban J connectivity index is 1.89. The molecule has 2 nitrogen and oxygen atoms in total. The van der Waals surface area contributed by atoms with E-state index in [-0.39, 0.29) is 0 Å². The Bertz CT molecular complexity index is 353. The summed E-state index contributed by atoms with van der Waals surface area (Å²) in [6, 6.07) is 10.1. The van der Waals surface area contributed by atoms with E-state index in [1.165, 1.54) is 29.7 Å². The highest BCUT2D eigenvalue weighted by atomic mass is 32.2. The second-order valence-corrected chi connectivity index (χ2v) is 6.10. The Morgan fingerprint density at radius 1 is 1.17 bits per heavy atom. The molecule has 2 atom stereocenters. The van der Waals surface area contributed by atoms with E-state index in [0.29, 0.717) is 12.1 Å². The zero-order chi connectivity index (χ0) is 13.0. The van der Waals surface area contributed by atoms with Crippen LogP contribution in [0.1, 0.15) is 38.7 Å². The minimum absolute atomic E-state index is 0.652. The molecule has 0 bridgehead atoms. The Kier molecular flexibility index (Phi) is 5.10. The molecule has 0 aliphatic carbocycles. The first-order chi connectivity index (χ1) is 8.70. The highest BCUT2D eigenvalue weighted by molar-refractivity contribution is 7.98. The summed E-state index contributed by atoms with van der Waals surface area (Å²) in [5.74, 6) is 0. The summed E-state index contributed by atoms with van der Waals surface area (Å²) in [5.41, 5.74) is 4.96. The standard InChI is InChI=1S/C15H24N2S/c1-12-5-4-6-13(2)17(12)16-11-14-7-9-15(18-3)10-8-14/h7-10,12-13,16H,4-6,11H2,1-3H3. The van der Waals surface area contributed by atoms with Gasteiger partial charge in [0, 0.05) is 23.5 Å². The summed E-state index contributed by atoms with van der Waals surface area (Å²) in [6.07, 6.45) is 6.10. The van der Waals surface area contributed by atoms with Crippen molar-refractivity contribution in [3.05, 3.63) is 29.8 Å². The molecule has 0 aromatic heterocycles. The van der Waals surface area contributed by atoms with Gasteiger partial charge in [0.05, 0.1) is 0 Å². The van der Waals surface area contributed by atoms with E-state index in [4.69, 9.17) is 0 Å². The van der Waals surface area contributed by atoms with Crippen LogP contribution >= 0.6 is 11.8 Å². The molecule has 0 spiro atoms. The van der Waals surface area contributed by atoms with Crippen molar-refractivity contribution in [2.45, 2.75) is 56.6 Å². The van der Waals surface area contributed by atoms with Crippen LogP contribution in [0.4, 0.5) is 0 Å². The topological polar surface area (TPSA) is 15.3 Å². The number of nitrogens with zero attached hydrogens (tertiary/aromatic N) is 1. The maximum Gasteiger partial charge on any atom is 0.0353 e. The first-order valence-electron chi connectivity index (χ1n) is 6.85. The molecule has 0 amide bonds. The number of nitrogens with one attached hydrogen (secondary N) is 1. The largest absolute Gasteiger partial charge is 0.250 e. The molecular formula is C15H24N2S. The molecule has 0 saturated carbocycles. The van der Waals surface area contributed by atoms with Gasteiger partial charge in [-0.3, -0.25) is 5.43 Å². The van der Waals surface area contributed by atoms with Gasteiger partial charge in [0.2, 0.25) is 0 Å². The number of benzene rings is 1. The zero-order valence-electron chi connectivity index (χ0n) is 11.6. The molecule has 3 heteroatoms. The first kappa shape index (κ1) is 13.9. The lowest BCUT2D eigenvalue weighted by molar-refractivity contribution is 0.0435. The second kappa shape index (κ2) is 6.60. The van der Waals surface area contributed by atoms with Gasteiger partial charge in [0.25, 0.3) is 0 Å². The monoisotopic (exact) mass is 264 g/mol. The van der Waals surface area contributed by atoms with Crippen LogP contribution in [-0.4, -0.2) is 23.3 Å². The fraction of sp³-hybridized carbons (Fsp3) is 0.600. The molecule has 1 heterocycles. The van der Waals surface area contributed by atoms with Crippen molar-refractivity contribution in [3.63, 3.8) is 0 Å². The van der Waals surface area contributed by atoms with Gasteiger partial charge in [-0.2, -0.15) is 0 Å². The first-order valence-corrected chi connectivity index (χ1v) is 8.08. The van der Waals surface area contributed by atoms with Crippen LogP contribution in [0.2, 0.25) is 0 Å². The molecule has 1 saturated heterocycles. The second-order valence-electron chi connectivity index (χ2n) is 5.22. The minimum Gasteiger partial charge on any atom is -0.250 e. The lowest BCUT2D eigenvalue weighted by Gasteiger charge is -2.39. The lowest BCUT2D eigenvalue weighted by atomic mass is 10.00. The van der Waals surface area contributed by atoms with Gasteiger partial charge >= 0.3 is 0 Å². The van der Waals surface area contributed by atoms with Gasteiger partial charge in [0.1, 0.15) is 0 Å². The molecule has 1 N–H and O–H groups in total. The highest BCUT2D eigenvalue weighted by Gasteiger charge is 2.23. The molecule has 1 aromatic carbocycles. The van der Waals surface area contributed by atoms with Crippen molar-refractivity contribution in [1.82, 2.24) is 10.4 Å². The zero-order valence-corrected chi connectivity index (χ0v) is 12.5. The van der Waals surface area contributed by atoms with E-state index in [2.05, 4.69) is 54.8 Å². The van der Waals surface area contributed by atoms with Crippen LogP contribution in [-0.2, 0) is 6.54 Å². The smallest absolute Gasteiger partial charge is 0.0353 e. The number of thioether (sulfide) groups is 1. The normalized spacial score (nSPS) is 25.3. The summed E-state index contributed by atoms with van der Waals surface area (Å²) in [4.78, 5) is 1.33. The SMILES string of the molecule is CSc1ccc(CNN2C(C)CCCC2C)cc1. The van der Waals surface area contributed by atoms with Gasteiger partial charge in [-0.25, -0.2) is 5.01 Å². The van der Waals surface area contributed by atoms with E-state index in [1.54, 1.807) is 11.8 Å². The van der Waals surface area contributed by atoms with Crippen molar-refractivity contribution in [3.8, 4) is 0 Å². The Morgan fingerprint density at radius 2 is 1.78 bits per heavy atom. The van der Waals surface area contributed by atoms with E-state index < -0.39 is 0 Å². The Labute approximate surface area is 115 Å².